The van der Waals surface area contributed by atoms with E-state index in [-0.39, 0.29) is 18.1 Å². The molecule has 21 heavy (non-hydrogen) atoms. The Morgan fingerprint density at radius 1 is 1.19 bits per heavy atom. The first-order chi connectivity index (χ1) is 9.53. The summed E-state index contributed by atoms with van der Waals surface area (Å²) in [5, 5.41) is 10.5. The zero-order valence-corrected chi connectivity index (χ0v) is 13.1. The Bertz CT molecular complexity index is 747. The SMILES string of the molecule is CS(=O)(=O)NCCNS(=O)(=O)c1cc([N+](=O)[O-])ccc1Cl. The zero-order chi connectivity index (χ0) is 16.3. The molecular weight excluding hydrogens is 346 g/mol. The summed E-state index contributed by atoms with van der Waals surface area (Å²) in [6, 6.07) is 3.00. The molecule has 2 N–H and O–H groups in total. The highest BCUT2D eigenvalue weighted by Gasteiger charge is 2.21. The van der Waals surface area contributed by atoms with Gasteiger partial charge < -0.3 is 0 Å². The van der Waals surface area contributed by atoms with E-state index in [2.05, 4.69) is 9.44 Å². The second-order valence-corrected chi connectivity index (χ2v) is 7.91. The third-order valence-electron chi connectivity index (χ3n) is 2.20. The van der Waals surface area contributed by atoms with Crippen LogP contribution in [-0.4, -0.2) is 41.1 Å². The fourth-order valence-corrected chi connectivity index (χ4v) is 3.33. The van der Waals surface area contributed by atoms with Gasteiger partial charge in [0.25, 0.3) is 5.69 Å². The molecule has 0 unspecified atom stereocenters. The maximum absolute atomic E-state index is 12.0. The van der Waals surface area contributed by atoms with E-state index in [0.29, 0.717) is 0 Å². The van der Waals surface area contributed by atoms with Gasteiger partial charge >= 0.3 is 0 Å². The molecule has 0 heterocycles. The number of nitro groups is 1. The first kappa shape index (κ1) is 17.8. The Kier molecular flexibility index (Phi) is 5.64. The summed E-state index contributed by atoms with van der Waals surface area (Å²) in [6.45, 7) is -0.390. The lowest BCUT2D eigenvalue weighted by atomic mass is 10.3. The van der Waals surface area contributed by atoms with E-state index in [1.165, 1.54) is 0 Å². The summed E-state index contributed by atoms with van der Waals surface area (Å²) in [6.07, 6.45) is 0.929. The number of benzene rings is 1. The predicted molar refractivity (Wildman–Crippen MR) is 76.1 cm³/mol. The van der Waals surface area contributed by atoms with Gasteiger partial charge in [0, 0.05) is 25.2 Å². The van der Waals surface area contributed by atoms with Gasteiger partial charge in [-0.1, -0.05) is 11.6 Å². The van der Waals surface area contributed by atoms with Crippen LogP contribution < -0.4 is 9.44 Å². The molecule has 9 nitrogen and oxygen atoms in total. The third kappa shape index (κ3) is 5.55. The van der Waals surface area contributed by atoms with Crippen LogP contribution in [0.25, 0.3) is 0 Å². The largest absolute Gasteiger partial charge is 0.270 e. The highest BCUT2D eigenvalue weighted by molar-refractivity contribution is 7.89. The highest BCUT2D eigenvalue weighted by atomic mass is 35.5. The van der Waals surface area contributed by atoms with Gasteiger partial charge in [0.05, 0.1) is 16.2 Å². The Balaban J connectivity index is 2.88. The van der Waals surface area contributed by atoms with E-state index in [9.17, 15) is 26.9 Å². The van der Waals surface area contributed by atoms with Gasteiger partial charge in [0.2, 0.25) is 20.0 Å². The van der Waals surface area contributed by atoms with E-state index in [4.69, 9.17) is 11.6 Å². The van der Waals surface area contributed by atoms with E-state index in [1.54, 1.807) is 0 Å². The van der Waals surface area contributed by atoms with Crippen LogP contribution in [0.2, 0.25) is 5.02 Å². The quantitative estimate of drug-likeness (QED) is 0.403. The number of nitro benzene ring substituents is 1. The van der Waals surface area contributed by atoms with Crippen LogP contribution in [0.15, 0.2) is 23.1 Å². The van der Waals surface area contributed by atoms with Crippen LogP contribution in [0, 0.1) is 10.1 Å². The third-order valence-corrected chi connectivity index (χ3v) is 4.87. The van der Waals surface area contributed by atoms with Crippen LogP contribution in [0.1, 0.15) is 0 Å². The van der Waals surface area contributed by atoms with E-state index in [0.717, 1.165) is 24.5 Å². The van der Waals surface area contributed by atoms with Crippen LogP contribution in [0.3, 0.4) is 0 Å². The Morgan fingerprint density at radius 3 is 2.29 bits per heavy atom. The van der Waals surface area contributed by atoms with Gasteiger partial charge in [0.1, 0.15) is 4.90 Å². The van der Waals surface area contributed by atoms with Gasteiger partial charge in [-0.3, -0.25) is 10.1 Å². The fraction of sp³-hybridized carbons (Fsp3) is 0.333. The van der Waals surface area contributed by atoms with E-state index in [1.807, 2.05) is 0 Å². The number of halogens is 1. The van der Waals surface area contributed by atoms with Crippen LogP contribution in [0.4, 0.5) is 5.69 Å². The predicted octanol–water partition coefficient (Wildman–Crippen LogP) is 0.0757. The van der Waals surface area contributed by atoms with Crippen molar-refractivity contribution in [1.82, 2.24) is 9.44 Å². The molecule has 0 atom stereocenters. The molecule has 0 aliphatic carbocycles. The normalized spacial score (nSPS) is 12.3. The van der Waals surface area contributed by atoms with Crippen molar-refractivity contribution in [2.75, 3.05) is 19.3 Å². The lowest BCUT2D eigenvalue weighted by molar-refractivity contribution is -0.385. The van der Waals surface area contributed by atoms with Gasteiger partial charge in [-0.05, 0) is 6.07 Å². The molecule has 0 aliphatic rings. The first-order valence-corrected chi connectivity index (χ1v) is 9.16. The van der Waals surface area contributed by atoms with Crippen molar-refractivity contribution in [3.63, 3.8) is 0 Å². The number of hydrogen-bond donors (Lipinski definition) is 2. The molecule has 0 saturated carbocycles. The summed E-state index contributed by atoms with van der Waals surface area (Å²) in [5.41, 5.74) is -0.422. The summed E-state index contributed by atoms with van der Waals surface area (Å²) >= 11 is 5.72. The summed E-state index contributed by atoms with van der Waals surface area (Å²) in [4.78, 5) is 9.44. The number of nitrogens with one attached hydrogen (secondary N) is 2. The number of nitrogens with zero attached hydrogens (tertiary/aromatic N) is 1. The van der Waals surface area contributed by atoms with Crippen molar-refractivity contribution < 1.29 is 21.8 Å². The lowest BCUT2D eigenvalue weighted by Crippen LogP contribution is -2.34. The highest BCUT2D eigenvalue weighted by Crippen LogP contribution is 2.25. The molecule has 0 radical (unpaired) electrons. The van der Waals surface area contributed by atoms with Gasteiger partial charge in [-0.15, -0.1) is 0 Å². The van der Waals surface area contributed by atoms with Crippen molar-refractivity contribution in [3.8, 4) is 0 Å². The molecule has 1 rings (SSSR count). The Labute approximate surface area is 126 Å². The second-order valence-electron chi connectivity index (χ2n) is 3.94. The molecule has 1 aromatic carbocycles. The summed E-state index contributed by atoms with van der Waals surface area (Å²) in [7, 11) is -7.52. The second kappa shape index (κ2) is 6.66. The maximum Gasteiger partial charge on any atom is 0.270 e. The first-order valence-electron chi connectivity index (χ1n) is 5.41. The van der Waals surface area contributed by atoms with Crippen LogP contribution in [-0.2, 0) is 20.0 Å². The zero-order valence-electron chi connectivity index (χ0n) is 10.7. The maximum atomic E-state index is 12.0. The van der Waals surface area contributed by atoms with E-state index >= 15 is 0 Å². The van der Waals surface area contributed by atoms with E-state index < -0.39 is 35.6 Å². The molecule has 0 bridgehead atoms. The molecule has 118 valence electrons. The average Bonchev–Trinajstić information content (AvgIpc) is 2.33. The van der Waals surface area contributed by atoms with Crippen molar-refractivity contribution in [2.45, 2.75) is 4.90 Å². The number of hydrogen-bond acceptors (Lipinski definition) is 6. The Morgan fingerprint density at radius 2 is 1.76 bits per heavy atom. The Hall–Kier alpha value is -1.27. The van der Waals surface area contributed by atoms with Gasteiger partial charge in [-0.2, -0.15) is 0 Å². The van der Waals surface area contributed by atoms with Crippen molar-refractivity contribution in [1.29, 1.82) is 0 Å². The molecule has 0 aromatic heterocycles. The minimum absolute atomic E-state index is 0.162. The molecular formula is C9H12ClN3O6S2. The van der Waals surface area contributed by atoms with Gasteiger partial charge in [-0.25, -0.2) is 26.3 Å². The molecule has 12 heteroatoms. The number of rotatable bonds is 7. The molecule has 1 aromatic rings. The van der Waals surface area contributed by atoms with Crippen LogP contribution in [0.5, 0.6) is 0 Å². The molecule has 0 aliphatic heterocycles. The minimum Gasteiger partial charge on any atom is -0.258 e. The topological polar surface area (TPSA) is 135 Å². The fourth-order valence-electron chi connectivity index (χ4n) is 1.31. The molecule has 0 spiro atoms. The number of sulfonamides is 2. The monoisotopic (exact) mass is 357 g/mol. The van der Waals surface area contributed by atoms with Gasteiger partial charge in [0.15, 0.2) is 0 Å². The van der Waals surface area contributed by atoms with Crippen LogP contribution >= 0.6 is 11.6 Å². The van der Waals surface area contributed by atoms with Crippen molar-refractivity contribution in [2.24, 2.45) is 0 Å². The minimum atomic E-state index is -4.09. The van der Waals surface area contributed by atoms with Crippen molar-refractivity contribution in [3.05, 3.63) is 33.3 Å². The molecule has 0 saturated heterocycles. The summed E-state index contributed by atoms with van der Waals surface area (Å²) in [5.74, 6) is 0. The lowest BCUT2D eigenvalue weighted by Gasteiger charge is -2.08. The van der Waals surface area contributed by atoms with Crippen molar-refractivity contribution >= 4 is 37.3 Å². The summed E-state index contributed by atoms with van der Waals surface area (Å²) < 4.78 is 49.7. The number of non-ortho nitro benzene ring substituents is 1. The molecule has 0 amide bonds. The average molecular weight is 358 g/mol. The standard InChI is InChI=1S/C9H12ClN3O6S2/c1-20(16,17)11-4-5-12-21(18,19)9-6-7(13(14)15)2-3-8(9)10/h2-3,6,11-12H,4-5H2,1H3. The smallest absolute Gasteiger partial charge is 0.258 e. The molecule has 0 fully saturated rings.